The normalized spacial score (nSPS) is 11.6. The minimum absolute atomic E-state index is 0.00612. The molecule has 0 amide bonds. The molecule has 0 aliphatic rings. The second-order valence-electron chi connectivity index (χ2n) is 6.22. The molecule has 0 fully saturated rings. The number of aryl methyl sites for hydroxylation is 2. The van der Waals surface area contributed by atoms with Gasteiger partial charge in [-0.3, -0.25) is 0 Å². The van der Waals surface area contributed by atoms with Crippen LogP contribution in [0.1, 0.15) is 28.3 Å². The summed E-state index contributed by atoms with van der Waals surface area (Å²) in [7, 11) is 0. The van der Waals surface area contributed by atoms with E-state index in [0.29, 0.717) is 5.11 Å². The Bertz CT molecular complexity index is 841. The van der Waals surface area contributed by atoms with Crippen LogP contribution in [0.2, 0.25) is 0 Å². The quantitative estimate of drug-likeness (QED) is 0.620. The van der Waals surface area contributed by atoms with Gasteiger partial charge in [-0.05, 0) is 54.9 Å². The van der Waals surface area contributed by atoms with Crippen LogP contribution in [0, 0.1) is 13.8 Å². The van der Waals surface area contributed by atoms with Crippen molar-refractivity contribution in [1.29, 1.82) is 0 Å². The van der Waals surface area contributed by atoms with Crippen molar-refractivity contribution in [2.45, 2.75) is 19.9 Å². The molecule has 3 heteroatoms. The summed E-state index contributed by atoms with van der Waals surface area (Å²) in [6, 6.07) is 27.1. The number of rotatable bonds is 4. The lowest BCUT2D eigenvalue weighted by molar-refractivity contribution is 0.768. The van der Waals surface area contributed by atoms with Crippen molar-refractivity contribution in [1.82, 2.24) is 5.32 Å². The molecule has 3 aromatic rings. The van der Waals surface area contributed by atoms with Gasteiger partial charge in [-0.15, -0.1) is 0 Å². The third-order valence-corrected chi connectivity index (χ3v) is 4.31. The highest BCUT2D eigenvalue weighted by atomic mass is 32.1. The first kappa shape index (κ1) is 17.2. The van der Waals surface area contributed by atoms with Gasteiger partial charge < -0.3 is 10.6 Å². The van der Waals surface area contributed by atoms with Crippen LogP contribution in [-0.2, 0) is 0 Å². The molecule has 0 bridgehead atoms. The Morgan fingerprint density at radius 2 is 1.44 bits per heavy atom. The van der Waals surface area contributed by atoms with Gasteiger partial charge in [0.05, 0.1) is 6.04 Å². The minimum atomic E-state index is 0.00612. The van der Waals surface area contributed by atoms with Gasteiger partial charge in [0.25, 0.3) is 0 Å². The van der Waals surface area contributed by atoms with Crippen LogP contribution in [0.15, 0.2) is 78.9 Å². The SMILES string of the molecule is Cc1ccc(C(NC(=S)Nc2cccc(C)c2)c2ccccc2)cc1. The highest BCUT2D eigenvalue weighted by molar-refractivity contribution is 7.80. The lowest BCUT2D eigenvalue weighted by Crippen LogP contribution is -2.33. The largest absolute Gasteiger partial charge is 0.352 e. The van der Waals surface area contributed by atoms with E-state index in [1.165, 1.54) is 22.3 Å². The second kappa shape index (κ2) is 7.95. The summed E-state index contributed by atoms with van der Waals surface area (Å²) >= 11 is 5.56. The summed E-state index contributed by atoms with van der Waals surface area (Å²) in [6.45, 7) is 4.17. The van der Waals surface area contributed by atoms with Crippen LogP contribution in [-0.4, -0.2) is 5.11 Å². The number of nitrogens with one attached hydrogen (secondary N) is 2. The average Bonchev–Trinajstić information content (AvgIpc) is 2.61. The highest BCUT2D eigenvalue weighted by Crippen LogP contribution is 2.22. The Morgan fingerprint density at radius 3 is 2.12 bits per heavy atom. The van der Waals surface area contributed by atoms with Gasteiger partial charge in [0.2, 0.25) is 0 Å². The highest BCUT2D eigenvalue weighted by Gasteiger charge is 2.15. The Hall–Kier alpha value is -2.65. The zero-order valence-corrected chi connectivity index (χ0v) is 15.3. The molecule has 1 unspecified atom stereocenters. The number of hydrogen-bond acceptors (Lipinski definition) is 1. The monoisotopic (exact) mass is 346 g/mol. The summed E-state index contributed by atoms with van der Waals surface area (Å²) in [4.78, 5) is 0. The number of hydrogen-bond donors (Lipinski definition) is 2. The molecule has 25 heavy (non-hydrogen) atoms. The Kier molecular flexibility index (Phi) is 5.46. The number of benzene rings is 3. The van der Waals surface area contributed by atoms with Crippen molar-refractivity contribution in [3.8, 4) is 0 Å². The van der Waals surface area contributed by atoms with Gasteiger partial charge in [0.15, 0.2) is 5.11 Å². The number of anilines is 1. The van der Waals surface area contributed by atoms with Gasteiger partial charge in [-0.25, -0.2) is 0 Å². The van der Waals surface area contributed by atoms with Gasteiger partial charge in [0, 0.05) is 5.69 Å². The first-order valence-corrected chi connectivity index (χ1v) is 8.78. The summed E-state index contributed by atoms with van der Waals surface area (Å²) in [5, 5.41) is 7.35. The second-order valence-corrected chi connectivity index (χ2v) is 6.63. The van der Waals surface area contributed by atoms with Crippen molar-refractivity contribution in [2.24, 2.45) is 0 Å². The standard InChI is InChI=1S/C22H22N2S/c1-16-11-13-19(14-12-16)21(18-8-4-3-5-9-18)24-22(25)23-20-10-6-7-17(2)15-20/h3-15,21H,1-2H3,(H2,23,24,25). The van der Waals surface area contributed by atoms with E-state index in [1.54, 1.807) is 0 Å². The molecule has 0 saturated carbocycles. The smallest absolute Gasteiger partial charge is 0.171 e. The lowest BCUT2D eigenvalue weighted by Gasteiger charge is -2.22. The Morgan fingerprint density at radius 1 is 0.760 bits per heavy atom. The van der Waals surface area contributed by atoms with Crippen LogP contribution >= 0.6 is 12.2 Å². The number of thiocarbonyl (C=S) groups is 1. The fraction of sp³-hybridized carbons (Fsp3) is 0.136. The van der Waals surface area contributed by atoms with Gasteiger partial charge in [-0.1, -0.05) is 72.3 Å². The molecule has 2 N–H and O–H groups in total. The van der Waals surface area contributed by atoms with Crippen LogP contribution < -0.4 is 10.6 Å². The molecule has 0 radical (unpaired) electrons. The minimum Gasteiger partial charge on any atom is -0.352 e. The van der Waals surface area contributed by atoms with Crippen molar-refractivity contribution in [3.63, 3.8) is 0 Å². The predicted octanol–water partition coefficient (Wildman–Crippen LogP) is 5.38. The molecule has 3 rings (SSSR count). The molecule has 0 aromatic heterocycles. The third kappa shape index (κ3) is 4.68. The summed E-state index contributed by atoms with van der Waals surface area (Å²) in [6.07, 6.45) is 0. The molecule has 2 nitrogen and oxygen atoms in total. The van der Waals surface area contributed by atoms with E-state index in [9.17, 15) is 0 Å². The van der Waals surface area contributed by atoms with Crippen LogP contribution in [0.4, 0.5) is 5.69 Å². The molecule has 1 atom stereocenters. The molecule has 0 spiro atoms. The van der Waals surface area contributed by atoms with E-state index in [2.05, 4.69) is 85.1 Å². The molecule has 126 valence electrons. The van der Waals surface area contributed by atoms with Gasteiger partial charge >= 0.3 is 0 Å². The lowest BCUT2D eigenvalue weighted by atomic mass is 9.98. The molecule has 0 saturated heterocycles. The predicted molar refractivity (Wildman–Crippen MR) is 110 cm³/mol. The van der Waals surface area contributed by atoms with E-state index in [1.807, 2.05) is 18.2 Å². The molecule has 0 aliphatic heterocycles. The zero-order chi connectivity index (χ0) is 17.6. The topological polar surface area (TPSA) is 24.1 Å². The molecule has 3 aromatic carbocycles. The average molecular weight is 346 g/mol. The molecular weight excluding hydrogens is 324 g/mol. The molecular formula is C22H22N2S. The fourth-order valence-corrected chi connectivity index (χ4v) is 3.02. The van der Waals surface area contributed by atoms with E-state index in [0.717, 1.165) is 5.69 Å². The van der Waals surface area contributed by atoms with Gasteiger partial charge in [0.1, 0.15) is 0 Å². The van der Waals surface area contributed by atoms with Crippen molar-refractivity contribution in [2.75, 3.05) is 5.32 Å². The fourth-order valence-electron chi connectivity index (χ4n) is 2.78. The Labute approximate surface area is 154 Å². The van der Waals surface area contributed by atoms with Gasteiger partial charge in [-0.2, -0.15) is 0 Å². The van der Waals surface area contributed by atoms with Crippen molar-refractivity contribution < 1.29 is 0 Å². The Balaban J connectivity index is 1.82. The van der Waals surface area contributed by atoms with Crippen LogP contribution in [0.3, 0.4) is 0 Å². The summed E-state index contributed by atoms with van der Waals surface area (Å²) < 4.78 is 0. The van der Waals surface area contributed by atoms with E-state index in [4.69, 9.17) is 12.2 Å². The van der Waals surface area contributed by atoms with Crippen molar-refractivity contribution in [3.05, 3.63) is 101 Å². The van der Waals surface area contributed by atoms with Crippen LogP contribution in [0.5, 0.6) is 0 Å². The molecule has 0 aliphatic carbocycles. The third-order valence-electron chi connectivity index (χ3n) is 4.09. The maximum Gasteiger partial charge on any atom is 0.171 e. The zero-order valence-electron chi connectivity index (χ0n) is 14.5. The van der Waals surface area contributed by atoms with E-state index in [-0.39, 0.29) is 6.04 Å². The first-order chi connectivity index (χ1) is 12.1. The van der Waals surface area contributed by atoms with E-state index >= 15 is 0 Å². The van der Waals surface area contributed by atoms with Crippen molar-refractivity contribution >= 4 is 23.0 Å². The maximum absolute atomic E-state index is 5.56. The summed E-state index contributed by atoms with van der Waals surface area (Å²) in [5.41, 5.74) is 5.81. The maximum atomic E-state index is 5.56. The van der Waals surface area contributed by atoms with Crippen LogP contribution in [0.25, 0.3) is 0 Å². The van der Waals surface area contributed by atoms with E-state index < -0.39 is 0 Å². The molecule has 0 heterocycles. The first-order valence-electron chi connectivity index (χ1n) is 8.37. The summed E-state index contributed by atoms with van der Waals surface area (Å²) in [5.74, 6) is 0.